The number of aliphatic hydroxyl groups is 1. The molecule has 0 fully saturated rings. The number of carbonyl (C=O) groups is 2. The van der Waals surface area contributed by atoms with Crippen LogP contribution in [0.1, 0.15) is 15.9 Å². The quantitative estimate of drug-likeness (QED) is 0.289. The molecule has 0 radical (unpaired) electrons. The molecule has 0 aliphatic rings. The van der Waals surface area contributed by atoms with E-state index in [1.807, 2.05) is 12.1 Å². The first kappa shape index (κ1) is 22.0. The van der Waals surface area contributed by atoms with Crippen molar-refractivity contribution in [1.82, 2.24) is 10.6 Å². The lowest BCUT2D eigenvalue weighted by molar-refractivity contribution is -0.117. The number of thioether (sulfide) groups is 1. The highest BCUT2D eigenvalue weighted by Gasteiger charge is 2.16. The van der Waals surface area contributed by atoms with Gasteiger partial charge in [-0.05, 0) is 35.9 Å². The molecule has 29 heavy (non-hydrogen) atoms. The molecule has 6 nitrogen and oxygen atoms in total. The number of hydrogen-bond acceptors (Lipinski definition) is 5. The Kier molecular flexibility index (Phi) is 8.27. The Balaban J connectivity index is 2.26. The minimum atomic E-state index is -0.622. The molecule has 2 aromatic carbocycles. The fourth-order valence-electron chi connectivity index (χ4n) is 2.27. The summed E-state index contributed by atoms with van der Waals surface area (Å²) < 4.78 is 0. The van der Waals surface area contributed by atoms with Crippen molar-refractivity contribution in [3.63, 3.8) is 0 Å². The van der Waals surface area contributed by atoms with Crippen LogP contribution in [-0.2, 0) is 4.79 Å². The summed E-state index contributed by atoms with van der Waals surface area (Å²) in [5, 5.41) is 23.8. The van der Waals surface area contributed by atoms with Crippen molar-refractivity contribution in [3.8, 4) is 5.75 Å². The van der Waals surface area contributed by atoms with E-state index in [9.17, 15) is 14.7 Å². The molecule has 0 unspecified atom stereocenters. The van der Waals surface area contributed by atoms with Gasteiger partial charge in [0.25, 0.3) is 11.8 Å². The van der Waals surface area contributed by atoms with Gasteiger partial charge in [-0.25, -0.2) is 0 Å². The molecular weight excluding hydrogens is 388 g/mol. The first-order valence-electron chi connectivity index (χ1n) is 8.74. The van der Waals surface area contributed by atoms with Crippen molar-refractivity contribution in [2.45, 2.75) is 4.90 Å². The zero-order chi connectivity index (χ0) is 21.2. The molecule has 2 rings (SSSR count). The zero-order valence-electron chi connectivity index (χ0n) is 15.7. The van der Waals surface area contributed by atoms with Crippen LogP contribution in [0.3, 0.4) is 0 Å². The standard InChI is InChI=1S/C22H22N2O4S/c1-3-15(2)29-17-10-8-16(9-11-17)14-19(22(28)23-12-13-25)24-21(27)18-6-4-5-7-20(18)26/h3-11,14,25-26H,1-2,12-13H2,(H,23,28)(H,24,27)/b19-14-. The minimum absolute atomic E-state index is 0.0115. The second kappa shape index (κ2) is 10.9. The van der Waals surface area contributed by atoms with Gasteiger partial charge >= 0.3 is 0 Å². The van der Waals surface area contributed by atoms with Crippen LogP contribution < -0.4 is 10.6 Å². The van der Waals surface area contributed by atoms with Gasteiger partial charge in [-0.2, -0.15) is 0 Å². The smallest absolute Gasteiger partial charge is 0.267 e. The summed E-state index contributed by atoms with van der Waals surface area (Å²) in [6.07, 6.45) is 3.18. The molecule has 0 atom stereocenters. The Labute approximate surface area is 173 Å². The van der Waals surface area contributed by atoms with E-state index in [4.69, 9.17) is 5.11 Å². The summed E-state index contributed by atoms with van der Waals surface area (Å²) >= 11 is 1.46. The van der Waals surface area contributed by atoms with Crippen molar-refractivity contribution in [3.05, 3.63) is 89.5 Å². The van der Waals surface area contributed by atoms with Crippen LogP contribution in [0.4, 0.5) is 0 Å². The predicted molar refractivity (Wildman–Crippen MR) is 115 cm³/mol. The van der Waals surface area contributed by atoms with Gasteiger partial charge in [0.2, 0.25) is 0 Å². The van der Waals surface area contributed by atoms with Gasteiger partial charge in [0.15, 0.2) is 0 Å². The van der Waals surface area contributed by atoms with Crippen LogP contribution in [0.5, 0.6) is 5.75 Å². The van der Waals surface area contributed by atoms with Crippen LogP contribution in [-0.4, -0.2) is 35.2 Å². The number of phenols is 1. The highest BCUT2D eigenvalue weighted by atomic mass is 32.2. The lowest BCUT2D eigenvalue weighted by Crippen LogP contribution is -2.36. The average molecular weight is 410 g/mol. The van der Waals surface area contributed by atoms with E-state index in [0.717, 1.165) is 9.80 Å². The summed E-state index contributed by atoms with van der Waals surface area (Å²) in [5.74, 6) is -1.37. The first-order valence-corrected chi connectivity index (χ1v) is 9.55. The van der Waals surface area contributed by atoms with Crippen LogP contribution in [0, 0.1) is 0 Å². The topological polar surface area (TPSA) is 98.7 Å². The molecule has 0 bridgehead atoms. The third-order valence-corrected chi connectivity index (χ3v) is 4.64. The van der Waals surface area contributed by atoms with Crippen molar-refractivity contribution in [2.24, 2.45) is 0 Å². The third-order valence-electron chi connectivity index (χ3n) is 3.71. The molecule has 0 saturated carbocycles. The van der Waals surface area contributed by atoms with Crippen molar-refractivity contribution >= 4 is 29.7 Å². The first-order chi connectivity index (χ1) is 13.9. The Morgan fingerprint density at radius 1 is 1.10 bits per heavy atom. The van der Waals surface area contributed by atoms with Crippen molar-refractivity contribution in [2.75, 3.05) is 13.2 Å². The van der Waals surface area contributed by atoms with E-state index in [2.05, 4.69) is 23.8 Å². The summed E-state index contributed by atoms with van der Waals surface area (Å²) in [5.41, 5.74) is 0.718. The summed E-state index contributed by atoms with van der Waals surface area (Å²) in [6, 6.07) is 13.4. The van der Waals surface area contributed by atoms with Gasteiger partial charge in [0.1, 0.15) is 11.4 Å². The Bertz CT molecular complexity index is 936. The average Bonchev–Trinajstić information content (AvgIpc) is 2.72. The van der Waals surface area contributed by atoms with Gasteiger partial charge in [0.05, 0.1) is 12.2 Å². The van der Waals surface area contributed by atoms with E-state index in [-0.39, 0.29) is 30.2 Å². The Hall–Kier alpha value is -3.29. The molecule has 2 aromatic rings. The third kappa shape index (κ3) is 6.67. The lowest BCUT2D eigenvalue weighted by Gasteiger charge is -2.11. The number of carbonyl (C=O) groups excluding carboxylic acids is 2. The largest absolute Gasteiger partial charge is 0.507 e. The monoisotopic (exact) mass is 410 g/mol. The number of rotatable bonds is 9. The fourth-order valence-corrected chi connectivity index (χ4v) is 2.93. The minimum Gasteiger partial charge on any atom is -0.507 e. The van der Waals surface area contributed by atoms with Crippen LogP contribution in [0.15, 0.2) is 83.3 Å². The van der Waals surface area contributed by atoms with Gasteiger partial charge in [-0.3, -0.25) is 9.59 Å². The molecule has 7 heteroatoms. The van der Waals surface area contributed by atoms with E-state index in [1.54, 1.807) is 30.3 Å². The zero-order valence-corrected chi connectivity index (χ0v) is 16.5. The molecule has 0 heterocycles. The maximum atomic E-state index is 12.5. The molecule has 2 amide bonds. The number of allylic oxidation sites excluding steroid dienone is 1. The summed E-state index contributed by atoms with van der Waals surface area (Å²) in [6.45, 7) is 7.33. The van der Waals surface area contributed by atoms with E-state index >= 15 is 0 Å². The number of phenolic OH excluding ortho intramolecular Hbond substituents is 1. The molecule has 0 spiro atoms. The molecule has 4 N–H and O–H groups in total. The van der Waals surface area contributed by atoms with Gasteiger partial charge < -0.3 is 20.8 Å². The second-order valence-electron chi connectivity index (χ2n) is 5.85. The van der Waals surface area contributed by atoms with Gasteiger partial charge in [0, 0.05) is 16.3 Å². The lowest BCUT2D eigenvalue weighted by atomic mass is 10.1. The van der Waals surface area contributed by atoms with Gasteiger partial charge in [-0.15, -0.1) is 0 Å². The number of aliphatic hydroxyl groups excluding tert-OH is 1. The highest BCUT2D eigenvalue weighted by molar-refractivity contribution is 8.03. The van der Waals surface area contributed by atoms with E-state index < -0.39 is 11.8 Å². The molecule has 0 saturated heterocycles. The Morgan fingerprint density at radius 3 is 2.41 bits per heavy atom. The van der Waals surface area contributed by atoms with Crippen molar-refractivity contribution in [1.29, 1.82) is 0 Å². The fraction of sp³-hybridized carbons (Fsp3) is 0.0909. The molecule has 0 aromatic heterocycles. The predicted octanol–water partition coefficient (Wildman–Crippen LogP) is 3.06. The molecule has 0 aliphatic carbocycles. The van der Waals surface area contributed by atoms with Crippen LogP contribution >= 0.6 is 11.8 Å². The van der Waals surface area contributed by atoms with E-state index in [0.29, 0.717) is 5.56 Å². The second-order valence-corrected chi connectivity index (χ2v) is 7.05. The number of amides is 2. The highest BCUT2D eigenvalue weighted by Crippen LogP contribution is 2.26. The number of para-hydroxylation sites is 1. The SMILES string of the molecule is C=CC(=C)Sc1ccc(/C=C(\NC(=O)c2ccccc2O)C(=O)NCCO)cc1. The number of hydrogen-bond donors (Lipinski definition) is 4. The Morgan fingerprint density at radius 2 is 1.79 bits per heavy atom. The van der Waals surface area contributed by atoms with Crippen LogP contribution in [0.25, 0.3) is 6.08 Å². The normalized spacial score (nSPS) is 10.9. The number of benzene rings is 2. The van der Waals surface area contributed by atoms with Crippen LogP contribution in [0.2, 0.25) is 0 Å². The summed E-state index contributed by atoms with van der Waals surface area (Å²) in [7, 11) is 0. The maximum absolute atomic E-state index is 12.5. The van der Waals surface area contributed by atoms with Gasteiger partial charge in [-0.1, -0.05) is 55.3 Å². The molecule has 0 aliphatic heterocycles. The van der Waals surface area contributed by atoms with Crippen molar-refractivity contribution < 1.29 is 19.8 Å². The summed E-state index contributed by atoms with van der Waals surface area (Å²) in [4.78, 5) is 26.7. The number of nitrogens with one attached hydrogen (secondary N) is 2. The molecular formula is C22H22N2O4S. The molecule has 150 valence electrons. The van der Waals surface area contributed by atoms with E-state index in [1.165, 1.54) is 30.0 Å². The number of aromatic hydroxyl groups is 1. The maximum Gasteiger partial charge on any atom is 0.267 e.